The molecule has 37 heteroatoms. The molecule has 28 unspecified atom stereocenters. The van der Waals surface area contributed by atoms with Gasteiger partial charge in [-0.1, -0.05) is 0 Å². The monoisotopic (exact) mass is 1220 g/mol. The first-order valence-electron chi connectivity index (χ1n) is 25.3. The summed E-state index contributed by atoms with van der Waals surface area (Å²) in [6.07, 6.45) is -40.0. The van der Waals surface area contributed by atoms with E-state index in [1.54, 1.807) is 0 Å². The summed E-state index contributed by atoms with van der Waals surface area (Å²) in [7, 11) is -10.4. The van der Waals surface area contributed by atoms with Crippen LogP contribution in [0.15, 0.2) is 11.8 Å². The van der Waals surface area contributed by atoms with Gasteiger partial charge in [0.25, 0.3) is 0 Å². The molecule has 35 nitrogen and oxygen atoms in total. The molecule has 16 N–H and O–H groups in total. The number of rotatable bonds is 25. The predicted octanol–water partition coefficient (Wildman–Crippen LogP) is -8.86. The van der Waals surface area contributed by atoms with Crippen LogP contribution in [0.25, 0.3) is 0 Å². The molecule has 0 amide bonds. The fraction of sp³-hybridized carbons (Fsp3) is 0.909. The van der Waals surface area contributed by atoms with E-state index in [0.29, 0.717) is 6.08 Å². The van der Waals surface area contributed by atoms with E-state index in [0.717, 1.165) is 0 Å². The zero-order valence-corrected chi connectivity index (χ0v) is 45.0. The van der Waals surface area contributed by atoms with Crippen molar-refractivity contribution >= 4 is 32.7 Å². The van der Waals surface area contributed by atoms with Gasteiger partial charge in [-0.25, -0.2) is 18.0 Å². The van der Waals surface area contributed by atoms with Gasteiger partial charge in [-0.05, 0) is 26.8 Å². The Morgan fingerprint density at radius 1 is 0.469 bits per heavy atom. The first kappa shape index (κ1) is 67.5. The van der Waals surface area contributed by atoms with Gasteiger partial charge >= 0.3 is 32.7 Å². The number of hydrogen-bond donors (Lipinski definition) is 16. The number of carboxylic acid groups (broad SMARTS) is 2. The highest BCUT2D eigenvalue weighted by Crippen LogP contribution is 2.38. The molecule has 5 saturated heterocycles. The van der Waals surface area contributed by atoms with Crippen LogP contribution in [0.1, 0.15) is 20.8 Å². The zero-order valence-electron chi connectivity index (χ0n) is 43.3. The average Bonchev–Trinajstić information content (AvgIpc) is 3.42. The minimum Gasteiger partial charge on any atom is -0.479 e. The molecule has 6 aliphatic rings. The minimum atomic E-state index is -5.22. The number of hydrogen-bond acceptors (Lipinski definition) is 31. The second kappa shape index (κ2) is 28.7. The Hall–Kier alpha value is -2.66. The smallest absolute Gasteiger partial charge is 0.397 e. The molecular formula is C44H72O35S2. The molecule has 81 heavy (non-hydrogen) atoms. The van der Waals surface area contributed by atoms with Crippen molar-refractivity contribution in [3.8, 4) is 0 Å². The normalized spacial score (nSPS) is 44.5. The van der Waals surface area contributed by atoms with Crippen LogP contribution in [0.3, 0.4) is 0 Å². The van der Waals surface area contributed by atoms with Crippen LogP contribution in [-0.4, -0.2) is 316 Å². The van der Waals surface area contributed by atoms with Crippen molar-refractivity contribution in [2.45, 2.75) is 168 Å². The molecule has 0 spiro atoms. The third-order valence-corrected chi connectivity index (χ3v) is 15.9. The number of aliphatic hydroxyl groups is 12. The van der Waals surface area contributed by atoms with Crippen LogP contribution in [0.2, 0.25) is 0 Å². The van der Waals surface area contributed by atoms with Gasteiger partial charge in [0.1, 0.15) is 91.6 Å². The summed E-state index contributed by atoms with van der Waals surface area (Å²) in [5.41, 5.74) is 0. The van der Waals surface area contributed by atoms with Crippen molar-refractivity contribution in [1.82, 2.24) is 0 Å². The van der Waals surface area contributed by atoms with Gasteiger partial charge < -0.3 is 124 Å². The Bertz CT molecular complexity index is 2300. The van der Waals surface area contributed by atoms with Crippen molar-refractivity contribution in [1.29, 1.82) is 0 Å². The lowest BCUT2D eigenvalue weighted by molar-refractivity contribution is -0.313. The minimum absolute atomic E-state index is 0.415. The fourth-order valence-electron chi connectivity index (χ4n) is 10.5. The number of aliphatic hydroxyl groups excluding tert-OH is 12. The van der Waals surface area contributed by atoms with Crippen molar-refractivity contribution in [2.75, 3.05) is 59.5 Å². The lowest BCUT2D eigenvalue weighted by Crippen LogP contribution is -2.63. The van der Waals surface area contributed by atoms with Gasteiger partial charge in [-0.15, -0.1) is 0 Å². The third-order valence-electron chi connectivity index (χ3n) is 15.0. The van der Waals surface area contributed by atoms with E-state index in [2.05, 4.69) is 8.37 Å². The number of ether oxygens (including phenoxy) is 11. The Morgan fingerprint density at radius 3 is 1.42 bits per heavy atom. The summed E-state index contributed by atoms with van der Waals surface area (Å²) in [5.74, 6) is -8.87. The number of carboxylic acids is 2. The van der Waals surface area contributed by atoms with Gasteiger partial charge in [0.2, 0.25) is 12.0 Å². The molecule has 0 radical (unpaired) electrons. The Morgan fingerprint density at radius 2 is 0.938 bits per heavy atom. The van der Waals surface area contributed by atoms with Gasteiger partial charge in [0, 0.05) is 23.7 Å². The molecule has 6 heterocycles. The van der Waals surface area contributed by atoms with Crippen LogP contribution >= 0.6 is 0 Å². The number of aliphatic carboxylic acids is 2. The zero-order chi connectivity index (χ0) is 60.2. The van der Waals surface area contributed by atoms with Crippen molar-refractivity contribution in [3.05, 3.63) is 11.8 Å². The van der Waals surface area contributed by atoms with Crippen molar-refractivity contribution < 1.29 is 167 Å². The van der Waals surface area contributed by atoms with Crippen LogP contribution in [0.4, 0.5) is 0 Å². The lowest BCUT2D eigenvalue weighted by atomic mass is 9.79. The maximum atomic E-state index is 12.8. The molecule has 6 rings (SSSR count). The molecule has 0 aromatic heterocycles. The van der Waals surface area contributed by atoms with E-state index in [-0.39, 0.29) is 0 Å². The molecule has 0 bridgehead atoms. The van der Waals surface area contributed by atoms with Crippen molar-refractivity contribution in [2.24, 2.45) is 23.7 Å². The number of carbonyl (C=O) groups is 2. The Balaban J connectivity index is 1.16. The quantitative estimate of drug-likeness (QED) is 0.0378. The van der Waals surface area contributed by atoms with Crippen LogP contribution < -0.4 is 0 Å². The molecule has 5 fully saturated rings. The van der Waals surface area contributed by atoms with Gasteiger partial charge in [-0.3, -0.25) is 9.11 Å². The molecule has 0 aromatic carbocycles. The lowest BCUT2D eigenvalue weighted by Gasteiger charge is -2.47. The molecule has 0 aromatic rings. The van der Waals surface area contributed by atoms with E-state index in [4.69, 9.17) is 52.1 Å². The van der Waals surface area contributed by atoms with E-state index >= 15 is 0 Å². The molecular weight excluding hydrogens is 1150 g/mol. The maximum Gasteiger partial charge on any atom is 0.397 e. The topological polar surface area (TPSA) is 546 Å². The summed E-state index contributed by atoms with van der Waals surface area (Å²) < 4.78 is 136. The summed E-state index contributed by atoms with van der Waals surface area (Å²) in [6, 6.07) is 0. The van der Waals surface area contributed by atoms with Gasteiger partial charge in [-0.2, -0.15) is 16.8 Å². The maximum absolute atomic E-state index is 12.8. The van der Waals surface area contributed by atoms with Gasteiger partial charge in [0.15, 0.2) is 12.4 Å². The van der Waals surface area contributed by atoms with Crippen LogP contribution in [-0.2, 0) is 90.9 Å². The van der Waals surface area contributed by atoms with E-state index in [9.17, 15) is 107 Å². The van der Waals surface area contributed by atoms with Gasteiger partial charge in [0.05, 0.1) is 96.1 Å². The van der Waals surface area contributed by atoms with E-state index in [1.807, 2.05) is 0 Å². The predicted molar refractivity (Wildman–Crippen MR) is 253 cm³/mol. The first-order valence-corrected chi connectivity index (χ1v) is 28.1. The summed E-state index contributed by atoms with van der Waals surface area (Å²) in [4.78, 5) is 24.6. The highest BCUT2D eigenvalue weighted by Gasteiger charge is 2.54. The third kappa shape index (κ3) is 16.7. The van der Waals surface area contributed by atoms with E-state index < -0.39 is 268 Å². The Kier molecular flexibility index (Phi) is 23.9. The first-order chi connectivity index (χ1) is 37.9. The SMILES string of the molecule is CC1OC(COCC2C(O)C(CO)OC(C)C2COC2OC(C(=O)O)C(OCC3OC(CO)C(O)C(COCC4OC(C)C(O)C(OS(=O)(=O)O)C4O)C3COC3OC(C(=O)O)=CC(O)C3O)C(O)C2O)C(O)C(OS(=O)(=O)O)C1O. The summed E-state index contributed by atoms with van der Waals surface area (Å²) >= 11 is 0. The molecule has 470 valence electrons. The molecule has 6 aliphatic heterocycles. The summed E-state index contributed by atoms with van der Waals surface area (Å²) in [5, 5.41) is 149. The molecule has 0 saturated carbocycles. The van der Waals surface area contributed by atoms with E-state index in [1.165, 1.54) is 20.8 Å². The highest BCUT2D eigenvalue weighted by atomic mass is 32.3. The standard InChI is InChI=1S/C44H72O35S2/c1-14-17(19(30(50)23(5-45)72-14)7-67-11-26-33(53)37(78-80(61,62)63)28(48)15(2)73-26)9-70-44-36(56)35(55)39(40(77-44)42(59)60)69-13-25-18(10-71-43-32(52)21(47)4-22(76-43)41(57)58)20(31(51)24(6-46)75-25)8-68-12-27-34(54)38(79-81(64,65)66)29(49)16(3)74-27/h4,14-21,23-40,43-56H,5-13H2,1-3H3,(H,57,58)(H,59,60)(H,61,62,63)(H,64,65,66). The largest absolute Gasteiger partial charge is 0.479 e. The van der Waals surface area contributed by atoms with Crippen LogP contribution in [0.5, 0.6) is 0 Å². The Labute approximate surface area is 461 Å². The fourth-order valence-corrected chi connectivity index (χ4v) is 11.5. The molecule has 28 atom stereocenters. The van der Waals surface area contributed by atoms with Crippen molar-refractivity contribution in [3.63, 3.8) is 0 Å². The highest BCUT2D eigenvalue weighted by molar-refractivity contribution is 7.81. The second-order valence-electron chi connectivity index (χ2n) is 20.4. The summed E-state index contributed by atoms with van der Waals surface area (Å²) in [6.45, 7) is -1.72. The average molecular weight is 1230 g/mol. The molecule has 0 aliphatic carbocycles. The second-order valence-corrected chi connectivity index (χ2v) is 22.5. The van der Waals surface area contributed by atoms with Crippen LogP contribution in [0, 0.1) is 23.7 Å².